The number of aliphatic hydroxyl groups is 1. The van der Waals surface area contributed by atoms with Gasteiger partial charge in [-0.05, 0) is 54.3 Å². The molecule has 0 radical (unpaired) electrons. The average Bonchev–Trinajstić information content (AvgIpc) is 3.44. The number of aromatic nitrogens is 1. The second kappa shape index (κ2) is 13.2. The van der Waals surface area contributed by atoms with Crippen molar-refractivity contribution in [2.75, 3.05) is 27.3 Å². The van der Waals surface area contributed by atoms with Crippen molar-refractivity contribution in [3.8, 4) is 11.5 Å². The number of aliphatic hydroxyl groups excluding tert-OH is 1. The minimum absolute atomic E-state index is 0.0199. The zero-order valence-electron chi connectivity index (χ0n) is 23.7. The quantitative estimate of drug-likeness (QED) is 0.218. The van der Waals surface area contributed by atoms with Gasteiger partial charge in [-0.15, -0.1) is 0 Å². The van der Waals surface area contributed by atoms with Crippen LogP contribution in [0.2, 0.25) is 0 Å². The minimum atomic E-state index is -4.03. The molecule has 2 atom stereocenters. The van der Waals surface area contributed by atoms with Crippen LogP contribution in [0.15, 0.2) is 83.9 Å². The van der Waals surface area contributed by atoms with E-state index < -0.39 is 22.2 Å². The summed E-state index contributed by atoms with van der Waals surface area (Å²) < 4.78 is 39.5. The molecule has 1 heterocycles. The maximum atomic E-state index is 13.8. The Bertz CT molecular complexity index is 1570. The SMILES string of the molecule is COc1ccc(S(=O)(=O)N(CC(C)C)C[C@@H](O)[C@H](Cc2ccccc2)NC(=O)c2ccc3[nH]ccc3c2)cc1OC. The molecule has 0 aliphatic heterocycles. The Kier molecular flexibility index (Phi) is 9.69. The van der Waals surface area contributed by atoms with Gasteiger partial charge in [-0.25, -0.2) is 8.42 Å². The van der Waals surface area contributed by atoms with Gasteiger partial charge < -0.3 is 24.9 Å². The highest BCUT2D eigenvalue weighted by atomic mass is 32.2. The highest BCUT2D eigenvalue weighted by Gasteiger charge is 2.32. The largest absolute Gasteiger partial charge is 0.493 e. The Morgan fingerprint density at radius 2 is 1.68 bits per heavy atom. The molecule has 4 rings (SSSR count). The molecule has 41 heavy (non-hydrogen) atoms. The lowest BCUT2D eigenvalue weighted by atomic mass is 10.00. The number of hydrogen-bond donors (Lipinski definition) is 3. The van der Waals surface area contributed by atoms with E-state index in [1.165, 1.54) is 36.7 Å². The number of benzene rings is 3. The van der Waals surface area contributed by atoms with Gasteiger partial charge in [0.1, 0.15) is 0 Å². The summed E-state index contributed by atoms with van der Waals surface area (Å²) in [5, 5.41) is 15.4. The summed E-state index contributed by atoms with van der Waals surface area (Å²) in [4.78, 5) is 16.5. The molecule has 3 aromatic carbocycles. The van der Waals surface area contributed by atoms with E-state index in [0.717, 1.165) is 16.5 Å². The molecule has 0 unspecified atom stereocenters. The van der Waals surface area contributed by atoms with Crippen molar-refractivity contribution in [1.82, 2.24) is 14.6 Å². The van der Waals surface area contributed by atoms with E-state index in [4.69, 9.17) is 9.47 Å². The Balaban J connectivity index is 1.62. The van der Waals surface area contributed by atoms with Crippen LogP contribution in [0.1, 0.15) is 29.8 Å². The maximum Gasteiger partial charge on any atom is 0.251 e. The first-order valence-electron chi connectivity index (χ1n) is 13.4. The fraction of sp³-hybridized carbons (Fsp3) is 0.323. The number of carbonyl (C=O) groups is 1. The fourth-order valence-corrected chi connectivity index (χ4v) is 6.38. The zero-order valence-corrected chi connectivity index (χ0v) is 24.5. The average molecular weight is 580 g/mol. The fourth-order valence-electron chi connectivity index (χ4n) is 4.74. The van der Waals surface area contributed by atoms with Crippen LogP contribution < -0.4 is 14.8 Å². The lowest BCUT2D eigenvalue weighted by Crippen LogP contribution is -2.51. The van der Waals surface area contributed by atoms with Gasteiger partial charge in [0.2, 0.25) is 10.0 Å². The number of methoxy groups -OCH3 is 2. The second-order valence-electron chi connectivity index (χ2n) is 10.3. The van der Waals surface area contributed by atoms with Gasteiger partial charge in [0, 0.05) is 41.8 Å². The molecule has 3 N–H and O–H groups in total. The summed E-state index contributed by atoms with van der Waals surface area (Å²) in [7, 11) is -1.12. The normalized spacial score (nSPS) is 13.3. The molecule has 9 nitrogen and oxygen atoms in total. The summed E-state index contributed by atoms with van der Waals surface area (Å²) >= 11 is 0. The van der Waals surface area contributed by atoms with Crippen molar-refractivity contribution in [2.24, 2.45) is 5.92 Å². The first kappa shape index (κ1) is 30.1. The van der Waals surface area contributed by atoms with Gasteiger partial charge >= 0.3 is 0 Å². The molecule has 4 aromatic rings. The van der Waals surface area contributed by atoms with E-state index >= 15 is 0 Å². The first-order chi connectivity index (χ1) is 19.6. The van der Waals surface area contributed by atoms with Crippen molar-refractivity contribution >= 4 is 26.8 Å². The molecule has 0 spiro atoms. The topological polar surface area (TPSA) is 121 Å². The van der Waals surface area contributed by atoms with E-state index in [0.29, 0.717) is 17.7 Å². The molecule has 0 saturated heterocycles. The molecule has 1 amide bonds. The molecule has 0 fully saturated rings. The van der Waals surface area contributed by atoms with Gasteiger partial charge in [-0.2, -0.15) is 4.31 Å². The van der Waals surface area contributed by atoms with E-state index in [2.05, 4.69) is 10.3 Å². The predicted molar refractivity (Wildman–Crippen MR) is 159 cm³/mol. The summed E-state index contributed by atoms with van der Waals surface area (Å²) in [5.74, 6) is 0.316. The number of H-pyrrole nitrogens is 1. The van der Waals surface area contributed by atoms with Gasteiger partial charge in [0.15, 0.2) is 11.5 Å². The number of fused-ring (bicyclic) bond motifs is 1. The van der Waals surface area contributed by atoms with Gasteiger partial charge in [0.25, 0.3) is 5.91 Å². The Morgan fingerprint density at radius 1 is 0.951 bits per heavy atom. The highest BCUT2D eigenvalue weighted by molar-refractivity contribution is 7.89. The van der Waals surface area contributed by atoms with Crippen molar-refractivity contribution < 1.29 is 27.8 Å². The first-order valence-corrected chi connectivity index (χ1v) is 14.9. The third-order valence-electron chi connectivity index (χ3n) is 6.85. The second-order valence-corrected chi connectivity index (χ2v) is 12.3. The van der Waals surface area contributed by atoms with Crippen LogP contribution in [0.4, 0.5) is 0 Å². The summed E-state index contributed by atoms with van der Waals surface area (Å²) in [6, 6.07) is 20.3. The van der Waals surface area contributed by atoms with E-state index in [1.54, 1.807) is 18.3 Å². The highest BCUT2D eigenvalue weighted by Crippen LogP contribution is 2.31. The van der Waals surface area contributed by atoms with Crippen LogP contribution >= 0.6 is 0 Å². The van der Waals surface area contributed by atoms with Crippen molar-refractivity contribution in [2.45, 2.75) is 37.3 Å². The standard InChI is InChI=1S/C31H37N3O6S/c1-21(2)19-34(41(37,38)25-11-13-29(39-3)30(18-25)40-4)20-28(35)27(16-22-8-6-5-7-9-22)33-31(36)24-10-12-26-23(17-24)14-15-32-26/h5-15,17-18,21,27-28,32,35H,16,19-20H2,1-4H3,(H,33,36)/t27-,28+/m0/s1. The number of ether oxygens (including phenoxy) is 2. The van der Waals surface area contributed by atoms with E-state index in [9.17, 15) is 18.3 Å². The van der Waals surface area contributed by atoms with Crippen LogP contribution in [0.25, 0.3) is 10.9 Å². The molecular weight excluding hydrogens is 542 g/mol. The molecule has 0 aliphatic carbocycles. The number of nitrogens with zero attached hydrogens (tertiary/aromatic N) is 1. The van der Waals surface area contributed by atoms with Gasteiger partial charge in [-0.1, -0.05) is 44.2 Å². The minimum Gasteiger partial charge on any atom is -0.493 e. The Hall–Kier alpha value is -3.86. The Morgan fingerprint density at radius 3 is 2.37 bits per heavy atom. The van der Waals surface area contributed by atoms with Crippen molar-refractivity contribution in [3.63, 3.8) is 0 Å². The number of hydrogen-bond acceptors (Lipinski definition) is 6. The van der Waals surface area contributed by atoms with Crippen molar-refractivity contribution in [3.05, 3.63) is 90.1 Å². The van der Waals surface area contributed by atoms with Crippen LogP contribution in [-0.2, 0) is 16.4 Å². The summed E-state index contributed by atoms with van der Waals surface area (Å²) in [6.45, 7) is 3.77. The van der Waals surface area contributed by atoms with Gasteiger partial charge in [-0.3, -0.25) is 4.79 Å². The third-order valence-corrected chi connectivity index (χ3v) is 8.67. The lowest BCUT2D eigenvalue weighted by Gasteiger charge is -2.31. The molecule has 0 bridgehead atoms. The lowest BCUT2D eigenvalue weighted by molar-refractivity contribution is 0.0776. The van der Waals surface area contributed by atoms with Crippen LogP contribution in [0.5, 0.6) is 11.5 Å². The predicted octanol–water partition coefficient (Wildman–Crippen LogP) is 4.23. The van der Waals surface area contributed by atoms with Crippen LogP contribution in [-0.4, -0.2) is 68.2 Å². The number of carbonyl (C=O) groups excluding carboxylic acids is 1. The smallest absolute Gasteiger partial charge is 0.251 e. The monoisotopic (exact) mass is 579 g/mol. The summed E-state index contributed by atoms with van der Waals surface area (Å²) in [5.41, 5.74) is 2.25. The van der Waals surface area contributed by atoms with E-state index in [-0.39, 0.29) is 35.6 Å². The zero-order chi connectivity index (χ0) is 29.6. The number of sulfonamides is 1. The summed E-state index contributed by atoms with van der Waals surface area (Å²) in [6.07, 6.45) is 0.909. The molecule has 218 valence electrons. The number of amides is 1. The number of aromatic amines is 1. The maximum absolute atomic E-state index is 13.8. The third kappa shape index (κ3) is 7.27. The molecule has 1 aromatic heterocycles. The molecular formula is C31H37N3O6S. The number of nitrogens with one attached hydrogen (secondary N) is 2. The Labute approximate surface area is 241 Å². The van der Waals surface area contributed by atoms with Crippen LogP contribution in [0, 0.1) is 5.92 Å². The number of rotatable bonds is 13. The van der Waals surface area contributed by atoms with Gasteiger partial charge in [0.05, 0.1) is 31.3 Å². The molecule has 0 saturated carbocycles. The molecule has 0 aliphatic rings. The van der Waals surface area contributed by atoms with E-state index in [1.807, 2.05) is 56.3 Å². The van der Waals surface area contributed by atoms with Crippen LogP contribution in [0.3, 0.4) is 0 Å². The van der Waals surface area contributed by atoms with Crippen molar-refractivity contribution in [1.29, 1.82) is 0 Å². The molecule has 10 heteroatoms.